The molecule has 0 heterocycles. The first-order valence-corrected chi connectivity index (χ1v) is 8.88. The van der Waals surface area contributed by atoms with Crippen LogP contribution in [-0.4, -0.2) is 30.7 Å². The van der Waals surface area contributed by atoms with E-state index in [9.17, 15) is 18.5 Å². The Morgan fingerprint density at radius 3 is 2.24 bits per heavy atom. The fraction of sp³-hybridized carbons (Fsp3) is 0.250. The first-order chi connectivity index (χ1) is 11.5. The van der Waals surface area contributed by atoms with E-state index in [2.05, 4.69) is 0 Å². The van der Waals surface area contributed by atoms with Gasteiger partial charge in [0.2, 0.25) is 10.0 Å². The quantitative estimate of drug-likeness (QED) is 0.555. The molecule has 2 N–H and O–H groups in total. The van der Waals surface area contributed by atoms with Gasteiger partial charge in [-0.25, -0.2) is 8.42 Å². The summed E-state index contributed by atoms with van der Waals surface area (Å²) in [4.78, 5) is 10.2. The van der Waals surface area contributed by atoms with Crippen molar-refractivity contribution >= 4 is 28.1 Å². The maximum Gasteiger partial charge on any atom is 0.289 e. The minimum absolute atomic E-state index is 0. The van der Waals surface area contributed by atoms with Crippen LogP contribution in [0.15, 0.2) is 59.5 Å². The van der Waals surface area contributed by atoms with Crippen molar-refractivity contribution < 1.29 is 13.3 Å². The number of sulfonamides is 1. The summed E-state index contributed by atoms with van der Waals surface area (Å²) < 4.78 is 27.1. The number of rotatable bonds is 8. The summed E-state index contributed by atoms with van der Waals surface area (Å²) in [7, 11) is -4.01. The van der Waals surface area contributed by atoms with Crippen molar-refractivity contribution in [3.8, 4) is 0 Å². The normalized spacial score (nSPS) is 11.1. The zero-order valence-electron chi connectivity index (χ0n) is 13.4. The Kier molecular flexibility index (Phi) is 7.98. The third-order valence-corrected chi connectivity index (χ3v) is 5.39. The maximum absolute atomic E-state index is 12.9. The van der Waals surface area contributed by atoms with Crippen molar-refractivity contribution in [3.63, 3.8) is 0 Å². The smallest absolute Gasteiger partial charge is 0.289 e. The number of nitro groups is 1. The highest BCUT2D eigenvalue weighted by Gasteiger charge is 2.31. The Morgan fingerprint density at radius 1 is 1.04 bits per heavy atom. The molecule has 0 spiro atoms. The minimum Gasteiger partial charge on any atom is -0.330 e. The Labute approximate surface area is 153 Å². The molecule has 0 amide bonds. The van der Waals surface area contributed by atoms with E-state index in [0.29, 0.717) is 13.0 Å². The van der Waals surface area contributed by atoms with E-state index in [0.717, 1.165) is 5.56 Å². The van der Waals surface area contributed by atoms with Crippen LogP contribution in [-0.2, 0) is 16.6 Å². The van der Waals surface area contributed by atoms with E-state index in [4.69, 9.17) is 5.73 Å². The number of hydrogen-bond donors (Lipinski definition) is 1. The highest BCUT2D eigenvalue weighted by molar-refractivity contribution is 7.89. The van der Waals surface area contributed by atoms with Crippen molar-refractivity contribution in [1.29, 1.82) is 0 Å². The average molecular weight is 386 g/mol. The molecular formula is C16H20ClN3O4S. The van der Waals surface area contributed by atoms with E-state index >= 15 is 0 Å². The van der Waals surface area contributed by atoms with Gasteiger partial charge in [0.15, 0.2) is 4.90 Å². The summed E-state index contributed by atoms with van der Waals surface area (Å²) in [6, 6.07) is 14.5. The molecule has 0 aromatic heterocycles. The third-order valence-electron chi connectivity index (χ3n) is 3.49. The standard InChI is InChI=1S/C16H19N3O4S.ClH/c17-11-6-12-18(13-14-7-2-1-3-8-14)24(22,23)16-10-5-4-9-15(16)19(20)21;/h1-5,7-10H,6,11-13,17H2;1H. The third kappa shape index (κ3) is 5.23. The molecule has 0 atom stereocenters. The molecule has 2 aromatic carbocycles. The van der Waals surface area contributed by atoms with Crippen LogP contribution in [0.5, 0.6) is 0 Å². The number of nitrogens with two attached hydrogens (primary N) is 1. The van der Waals surface area contributed by atoms with Gasteiger partial charge in [0.1, 0.15) is 0 Å². The number of nitro benzene ring substituents is 1. The van der Waals surface area contributed by atoms with Crippen molar-refractivity contribution in [3.05, 3.63) is 70.3 Å². The van der Waals surface area contributed by atoms with Crippen LogP contribution >= 0.6 is 12.4 Å². The number of halogens is 1. The second-order valence-electron chi connectivity index (χ2n) is 5.19. The van der Waals surface area contributed by atoms with Crippen LogP contribution in [0.2, 0.25) is 0 Å². The topological polar surface area (TPSA) is 107 Å². The van der Waals surface area contributed by atoms with Gasteiger partial charge in [-0.2, -0.15) is 4.31 Å². The number of para-hydroxylation sites is 1. The highest BCUT2D eigenvalue weighted by Crippen LogP contribution is 2.27. The van der Waals surface area contributed by atoms with Crippen molar-refractivity contribution in [2.24, 2.45) is 5.73 Å². The zero-order valence-corrected chi connectivity index (χ0v) is 15.1. The van der Waals surface area contributed by atoms with Gasteiger partial charge in [-0.1, -0.05) is 42.5 Å². The van der Waals surface area contributed by atoms with Crippen LogP contribution in [0.25, 0.3) is 0 Å². The molecule has 136 valence electrons. The summed E-state index contributed by atoms with van der Waals surface area (Å²) in [6.07, 6.45) is 0.465. The summed E-state index contributed by atoms with van der Waals surface area (Å²) >= 11 is 0. The molecule has 25 heavy (non-hydrogen) atoms. The van der Waals surface area contributed by atoms with Crippen molar-refractivity contribution in [1.82, 2.24) is 4.31 Å². The molecule has 0 fully saturated rings. The SMILES string of the molecule is Cl.NCCCN(Cc1ccccc1)S(=O)(=O)c1ccccc1[N+](=O)[O-]. The monoisotopic (exact) mass is 385 g/mol. The molecule has 0 bridgehead atoms. The molecule has 2 aromatic rings. The van der Waals surface area contributed by atoms with Crippen LogP contribution in [0.3, 0.4) is 0 Å². The van der Waals surface area contributed by atoms with Crippen LogP contribution < -0.4 is 5.73 Å². The average Bonchev–Trinajstić information content (AvgIpc) is 2.59. The lowest BCUT2D eigenvalue weighted by Crippen LogP contribution is -2.33. The Morgan fingerprint density at radius 2 is 1.64 bits per heavy atom. The zero-order chi connectivity index (χ0) is 17.6. The Hall–Kier alpha value is -2.00. The largest absolute Gasteiger partial charge is 0.330 e. The number of nitrogens with zero attached hydrogens (tertiary/aromatic N) is 2. The van der Waals surface area contributed by atoms with Gasteiger partial charge in [0.05, 0.1) is 4.92 Å². The summed E-state index contributed by atoms with van der Waals surface area (Å²) in [5.74, 6) is 0. The van der Waals surface area contributed by atoms with Crippen molar-refractivity contribution in [2.75, 3.05) is 13.1 Å². The van der Waals surface area contributed by atoms with Gasteiger partial charge in [-0.3, -0.25) is 10.1 Å². The lowest BCUT2D eigenvalue weighted by atomic mass is 10.2. The maximum atomic E-state index is 12.9. The van der Waals surface area contributed by atoms with E-state index < -0.39 is 20.6 Å². The Bertz CT molecular complexity index is 800. The highest BCUT2D eigenvalue weighted by atomic mass is 35.5. The molecule has 9 heteroatoms. The molecule has 2 rings (SSSR count). The first kappa shape index (κ1) is 21.0. The predicted octanol–water partition coefficient (Wildman–Crippen LogP) is 2.56. The van der Waals surface area contributed by atoms with Gasteiger partial charge in [-0.15, -0.1) is 12.4 Å². The van der Waals surface area contributed by atoms with E-state index in [-0.39, 0.29) is 30.4 Å². The number of benzene rings is 2. The number of hydrogen-bond acceptors (Lipinski definition) is 5. The predicted molar refractivity (Wildman–Crippen MR) is 98.1 cm³/mol. The molecule has 0 radical (unpaired) electrons. The molecule has 0 saturated heterocycles. The molecule has 0 aliphatic heterocycles. The summed E-state index contributed by atoms with van der Waals surface area (Å²) in [5.41, 5.74) is 5.88. The molecule has 0 saturated carbocycles. The van der Waals surface area contributed by atoms with Crippen LogP contribution in [0.4, 0.5) is 5.69 Å². The van der Waals surface area contributed by atoms with Gasteiger partial charge in [0, 0.05) is 19.2 Å². The second kappa shape index (κ2) is 9.47. The van der Waals surface area contributed by atoms with Crippen LogP contribution in [0.1, 0.15) is 12.0 Å². The molecule has 0 aliphatic carbocycles. The van der Waals surface area contributed by atoms with Crippen LogP contribution in [0, 0.1) is 10.1 Å². The molecule has 0 unspecified atom stereocenters. The van der Waals surface area contributed by atoms with E-state index in [1.165, 1.54) is 28.6 Å². The molecule has 7 nitrogen and oxygen atoms in total. The van der Waals surface area contributed by atoms with E-state index in [1.807, 2.05) is 30.3 Å². The van der Waals surface area contributed by atoms with Gasteiger partial charge < -0.3 is 5.73 Å². The lowest BCUT2D eigenvalue weighted by Gasteiger charge is -2.22. The van der Waals surface area contributed by atoms with Crippen molar-refractivity contribution in [2.45, 2.75) is 17.9 Å². The Balaban J connectivity index is 0.00000312. The summed E-state index contributed by atoms with van der Waals surface area (Å²) in [6.45, 7) is 0.659. The minimum atomic E-state index is -4.01. The first-order valence-electron chi connectivity index (χ1n) is 7.44. The van der Waals surface area contributed by atoms with E-state index in [1.54, 1.807) is 0 Å². The van der Waals surface area contributed by atoms with Gasteiger partial charge in [-0.05, 0) is 24.6 Å². The second-order valence-corrected chi connectivity index (χ2v) is 7.10. The van der Waals surface area contributed by atoms with Gasteiger partial charge >= 0.3 is 0 Å². The fourth-order valence-corrected chi connectivity index (χ4v) is 3.93. The summed E-state index contributed by atoms with van der Waals surface area (Å²) in [5, 5.41) is 11.2. The lowest BCUT2D eigenvalue weighted by molar-refractivity contribution is -0.387. The van der Waals surface area contributed by atoms with Gasteiger partial charge in [0.25, 0.3) is 5.69 Å². The molecular weight excluding hydrogens is 366 g/mol. The fourth-order valence-electron chi connectivity index (χ4n) is 2.30. The molecule has 0 aliphatic rings.